The topological polar surface area (TPSA) is 43.4 Å². The highest BCUT2D eigenvalue weighted by Crippen LogP contribution is 2.20. The summed E-state index contributed by atoms with van der Waals surface area (Å²) in [5.74, 6) is 0.583. The lowest BCUT2D eigenvalue weighted by molar-refractivity contribution is 0.102. The maximum Gasteiger partial charge on any atom is 0.185 e. The zero-order chi connectivity index (χ0) is 14.5. The molecule has 2 rings (SSSR count). The Bertz CT molecular complexity index is 632. The number of ketones is 1. The predicted octanol–water partition coefficient (Wildman–Crippen LogP) is 3.31. The second kappa shape index (κ2) is 6.81. The van der Waals surface area contributed by atoms with E-state index >= 15 is 0 Å². The molecule has 1 aromatic carbocycles. The number of thiophene rings is 1. The van der Waals surface area contributed by atoms with Crippen LogP contribution in [0.3, 0.4) is 0 Å². The van der Waals surface area contributed by atoms with Crippen LogP contribution in [0.4, 0.5) is 0 Å². The highest BCUT2D eigenvalue weighted by molar-refractivity contribution is 7.85. The van der Waals surface area contributed by atoms with E-state index in [2.05, 4.69) is 6.92 Å². The van der Waals surface area contributed by atoms with Crippen LogP contribution >= 0.6 is 11.3 Å². The van der Waals surface area contributed by atoms with E-state index in [0.29, 0.717) is 15.5 Å². The van der Waals surface area contributed by atoms with E-state index in [1.54, 1.807) is 31.4 Å². The van der Waals surface area contributed by atoms with Gasteiger partial charge in [-0.1, -0.05) is 13.0 Å². The normalized spacial score (nSPS) is 12.1. The van der Waals surface area contributed by atoms with Crippen molar-refractivity contribution in [3.8, 4) is 5.75 Å². The molecule has 0 radical (unpaired) electrons. The lowest BCUT2D eigenvalue weighted by Crippen LogP contribution is -2.09. The first kappa shape index (κ1) is 14.9. The molecule has 3 nitrogen and oxygen atoms in total. The van der Waals surface area contributed by atoms with Crippen LogP contribution < -0.4 is 4.74 Å². The number of methoxy groups -OCH3 is 1. The number of rotatable bonds is 6. The number of hydrogen-bond acceptors (Lipinski definition) is 4. The highest BCUT2D eigenvalue weighted by atomic mass is 32.2. The zero-order valence-corrected chi connectivity index (χ0v) is 13.1. The second-order valence-electron chi connectivity index (χ2n) is 4.21. The minimum absolute atomic E-state index is 0.0107. The van der Waals surface area contributed by atoms with Crippen molar-refractivity contribution in [2.75, 3.05) is 12.9 Å². The molecule has 5 heteroatoms. The van der Waals surface area contributed by atoms with E-state index in [9.17, 15) is 9.00 Å². The Morgan fingerprint density at radius 2 is 2.10 bits per heavy atom. The third-order valence-electron chi connectivity index (χ3n) is 2.85. The van der Waals surface area contributed by atoms with Gasteiger partial charge in [0.1, 0.15) is 5.75 Å². The van der Waals surface area contributed by atoms with Crippen LogP contribution in [0, 0.1) is 0 Å². The molecule has 1 unspecified atom stereocenters. The zero-order valence-electron chi connectivity index (χ0n) is 11.4. The third-order valence-corrected chi connectivity index (χ3v) is 5.43. The molecule has 1 aromatic heterocycles. The third kappa shape index (κ3) is 3.55. The van der Waals surface area contributed by atoms with Crippen molar-refractivity contribution in [2.24, 2.45) is 0 Å². The smallest absolute Gasteiger partial charge is 0.185 e. The van der Waals surface area contributed by atoms with Gasteiger partial charge in [-0.05, 0) is 36.8 Å². The predicted molar refractivity (Wildman–Crippen MR) is 82.3 cm³/mol. The average Bonchev–Trinajstić information content (AvgIpc) is 2.96. The maximum atomic E-state index is 12.2. The van der Waals surface area contributed by atoms with Gasteiger partial charge < -0.3 is 4.74 Å². The quantitative estimate of drug-likeness (QED) is 0.769. The van der Waals surface area contributed by atoms with Gasteiger partial charge in [-0.2, -0.15) is 0 Å². The standard InChI is InChI=1S/C15H16O3S2/c1-3-12-7-8-15(19-12)14(16)10-20(17)13-6-4-5-11(9-13)18-2/h4-9H,3,10H2,1-2H3. The molecule has 1 atom stereocenters. The molecule has 20 heavy (non-hydrogen) atoms. The van der Waals surface area contributed by atoms with Crippen molar-refractivity contribution < 1.29 is 13.7 Å². The van der Waals surface area contributed by atoms with Gasteiger partial charge in [0.2, 0.25) is 0 Å². The number of carbonyl (C=O) groups is 1. The van der Waals surface area contributed by atoms with E-state index in [1.165, 1.54) is 16.2 Å². The number of Topliss-reactive ketones (excluding diaryl/α,β-unsaturated/α-hetero) is 1. The number of benzene rings is 1. The molecule has 0 aliphatic rings. The van der Waals surface area contributed by atoms with Gasteiger partial charge in [-0.25, -0.2) is 0 Å². The summed E-state index contributed by atoms with van der Waals surface area (Å²) in [4.78, 5) is 14.6. The summed E-state index contributed by atoms with van der Waals surface area (Å²) in [6.07, 6.45) is 0.914. The van der Waals surface area contributed by atoms with Gasteiger partial charge in [0.25, 0.3) is 0 Å². The minimum atomic E-state index is -1.34. The summed E-state index contributed by atoms with van der Waals surface area (Å²) < 4.78 is 17.3. The number of carbonyl (C=O) groups excluding carboxylic acids is 1. The van der Waals surface area contributed by atoms with E-state index < -0.39 is 10.8 Å². The first-order valence-electron chi connectivity index (χ1n) is 6.28. The van der Waals surface area contributed by atoms with Crippen LogP contribution in [-0.4, -0.2) is 22.9 Å². The van der Waals surface area contributed by atoms with Crippen molar-refractivity contribution in [3.05, 3.63) is 46.2 Å². The molecule has 0 saturated heterocycles. The van der Waals surface area contributed by atoms with Crippen molar-refractivity contribution in [2.45, 2.75) is 18.2 Å². The van der Waals surface area contributed by atoms with Gasteiger partial charge in [-0.15, -0.1) is 11.3 Å². The largest absolute Gasteiger partial charge is 0.497 e. The van der Waals surface area contributed by atoms with Gasteiger partial charge in [-0.3, -0.25) is 9.00 Å². The Kier molecular flexibility index (Phi) is 5.09. The Balaban J connectivity index is 2.08. The Morgan fingerprint density at radius 1 is 1.30 bits per heavy atom. The lowest BCUT2D eigenvalue weighted by Gasteiger charge is -2.03. The fourth-order valence-electron chi connectivity index (χ4n) is 1.73. The SMILES string of the molecule is CCc1ccc(C(=O)CS(=O)c2cccc(OC)c2)s1. The van der Waals surface area contributed by atoms with Crippen molar-refractivity contribution in [1.82, 2.24) is 0 Å². The molecule has 0 saturated carbocycles. The average molecular weight is 308 g/mol. The summed E-state index contributed by atoms with van der Waals surface area (Å²) in [5.41, 5.74) is 0. The summed E-state index contributed by atoms with van der Waals surface area (Å²) in [7, 11) is 0.219. The minimum Gasteiger partial charge on any atom is -0.497 e. The summed E-state index contributed by atoms with van der Waals surface area (Å²) in [5, 5.41) is 0. The van der Waals surface area contributed by atoms with Crippen LogP contribution in [0.2, 0.25) is 0 Å². The summed E-state index contributed by atoms with van der Waals surface area (Å²) >= 11 is 1.48. The molecule has 0 amide bonds. The molecule has 0 N–H and O–H groups in total. The van der Waals surface area contributed by atoms with E-state index in [0.717, 1.165) is 6.42 Å². The van der Waals surface area contributed by atoms with Crippen molar-refractivity contribution in [1.29, 1.82) is 0 Å². The van der Waals surface area contributed by atoms with Crippen LogP contribution in [-0.2, 0) is 17.2 Å². The fourth-order valence-corrected chi connectivity index (χ4v) is 3.75. The Hall–Kier alpha value is -1.46. The van der Waals surface area contributed by atoms with E-state index in [1.807, 2.05) is 12.1 Å². The second-order valence-corrected chi connectivity index (χ2v) is 6.83. The number of hydrogen-bond donors (Lipinski definition) is 0. The fraction of sp³-hybridized carbons (Fsp3) is 0.267. The van der Waals surface area contributed by atoms with Crippen molar-refractivity contribution in [3.63, 3.8) is 0 Å². The van der Waals surface area contributed by atoms with Gasteiger partial charge in [0, 0.05) is 9.77 Å². The number of ether oxygens (including phenoxy) is 1. The first-order chi connectivity index (χ1) is 9.63. The summed E-state index contributed by atoms with van der Waals surface area (Å²) in [6, 6.07) is 10.8. The first-order valence-corrected chi connectivity index (χ1v) is 8.42. The van der Waals surface area contributed by atoms with Gasteiger partial charge in [0.15, 0.2) is 5.78 Å². The Labute approximate surface area is 125 Å². The number of aryl methyl sites for hydroxylation is 1. The van der Waals surface area contributed by atoms with Crippen molar-refractivity contribution >= 4 is 27.9 Å². The van der Waals surface area contributed by atoms with E-state index in [-0.39, 0.29) is 11.5 Å². The van der Waals surface area contributed by atoms with Gasteiger partial charge >= 0.3 is 0 Å². The van der Waals surface area contributed by atoms with Gasteiger partial charge in [0.05, 0.1) is 28.5 Å². The Morgan fingerprint density at radius 3 is 2.75 bits per heavy atom. The molecule has 2 aromatic rings. The molecule has 106 valence electrons. The maximum absolute atomic E-state index is 12.2. The molecule has 0 spiro atoms. The van der Waals surface area contributed by atoms with Crippen LogP contribution in [0.15, 0.2) is 41.3 Å². The van der Waals surface area contributed by atoms with Crippen LogP contribution in [0.25, 0.3) is 0 Å². The molecule has 0 aliphatic heterocycles. The molecule has 0 fully saturated rings. The molecular formula is C15H16O3S2. The summed E-state index contributed by atoms with van der Waals surface area (Å²) in [6.45, 7) is 2.05. The molecule has 0 aliphatic carbocycles. The van der Waals surface area contributed by atoms with Crippen LogP contribution in [0.1, 0.15) is 21.5 Å². The van der Waals surface area contributed by atoms with Crippen LogP contribution in [0.5, 0.6) is 5.75 Å². The van der Waals surface area contributed by atoms with E-state index in [4.69, 9.17) is 4.74 Å². The molecule has 1 heterocycles. The molecular weight excluding hydrogens is 292 g/mol. The lowest BCUT2D eigenvalue weighted by atomic mass is 10.3. The molecule has 0 bridgehead atoms. The highest BCUT2D eigenvalue weighted by Gasteiger charge is 2.14. The monoisotopic (exact) mass is 308 g/mol.